The molecule has 1 heterocycles. The quantitative estimate of drug-likeness (QED) is 0.754. The van der Waals surface area contributed by atoms with Crippen LogP contribution in [0.15, 0.2) is 4.52 Å². The second-order valence-electron chi connectivity index (χ2n) is 4.17. The van der Waals surface area contributed by atoms with Crippen LogP contribution in [-0.2, 0) is 0 Å². The zero-order valence-electron chi connectivity index (χ0n) is 7.16. The molecule has 0 saturated heterocycles. The van der Waals surface area contributed by atoms with Crippen molar-refractivity contribution in [3.8, 4) is 0 Å². The van der Waals surface area contributed by atoms with E-state index in [1.54, 1.807) is 0 Å². The number of halogens is 1. The van der Waals surface area contributed by atoms with Crippen molar-refractivity contribution in [2.24, 2.45) is 11.8 Å². The average Bonchev–Trinajstić information content (AvgIpc) is 2.58. The van der Waals surface area contributed by atoms with Crippen molar-refractivity contribution < 1.29 is 4.52 Å². The molecule has 2 saturated carbocycles. The number of rotatable bonds is 1. The zero-order chi connectivity index (χ0) is 9.00. The number of nitrogens with zero attached hydrogens (tertiary/aromatic N) is 1. The number of aromatic nitrogens is 1. The van der Waals surface area contributed by atoms with Gasteiger partial charge in [-0.05, 0) is 31.1 Å². The lowest BCUT2D eigenvalue weighted by molar-refractivity contribution is 0.355. The highest BCUT2D eigenvalue weighted by Crippen LogP contribution is 2.58. The lowest BCUT2D eigenvalue weighted by Gasteiger charge is -2.06. The van der Waals surface area contributed by atoms with Crippen LogP contribution < -0.4 is 5.73 Å². The number of hydrogen-bond donors (Lipinski definition) is 1. The zero-order valence-corrected chi connectivity index (χ0v) is 7.92. The van der Waals surface area contributed by atoms with Gasteiger partial charge in [0, 0.05) is 5.92 Å². The summed E-state index contributed by atoms with van der Waals surface area (Å²) in [4.78, 5) is 0. The van der Waals surface area contributed by atoms with Gasteiger partial charge in [0.15, 0.2) is 11.6 Å². The fraction of sp³-hybridized carbons (Fsp3) is 0.667. The van der Waals surface area contributed by atoms with Crippen LogP contribution in [0.2, 0.25) is 5.02 Å². The molecule has 0 bridgehead atoms. The molecule has 3 rings (SSSR count). The first-order valence-electron chi connectivity index (χ1n) is 4.66. The van der Waals surface area contributed by atoms with Crippen LogP contribution in [0.25, 0.3) is 0 Å². The monoisotopic (exact) mass is 198 g/mol. The van der Waals surface area contributed by atoms with Crippen molar-refractivity contribution >= 4 is 17.4 Å². The molecule has 70 valence electrons. The third-order valence-corrected chi connectivity index (χ3v) is 3.68. The minimum atomic E-state index is 0.331. The summed E-state index contributed by atoms with van der Waals surface area (Å²) in [5.41, 5.74) is 5.52. The highest BCUT2D eigenvalue weighted by molar-refractivity contribution is 6.33. The second kappa shape index (κ2) is 2.41. The second-order valence-corrected chi connectivity index (χ2v) is 4.55. The Kier molecular flexibility index (Phi) is 1.42. The molecule has 2 fully saturated rings. The van der Waals surface area contributed by atoms with Gasteiger partial charge in [-0.25, -0.2) is 0 Å². The molecule has 13 heavy (non-hydrogen) atoms. The minimum absolute atomic E-state index is 0.331. The van der Waals surface area contributed by atoms with Crippen LogP contribution >= 0.6 is 11.6 Å². The lowest BCUT2D eigenvalue weighted by atomic mass is 10.0. The molecule has 4 heteroatoms. The van der Waals surface area contributed by atoms with Gasteiger partial charge >= 0.3 is 0 Å². The molecule has 1 aromatic heterocycles. The van der Waals surface area contributed by atoms with Gasteiger partial charge < -0.3 is 10.3 Å². The van der Waals surface area contributed by atoms with Crippen LogP contribution in [0.3, 0.4) is 0 Å². The molecule has 2 N–H and O–H groups in total. The maximum Gasteiger partial charge on any atom is 0.186 e. The summed E-state index contributed by atoms with van der Waals surface area (Å²) in [6.45, 7) is 0. The predicted molar refractivity (Wildman–Crippen MR) is 49.5 cm³/mol. The Morgan fingerprint density at radius 2 is 2.00 bits per heavy atom. The number of anilines is 1. The van der Waals surface area contributed by atoms with Crippen LogP contribution in [0.5, 0.6) is 0 Å². The van der Waals surface area contributed by atoms with Crippen LogP contribution in [0.4, 0.5) is 5.82 Å². The molecule has 0 aliphatic heterocycles. The van der Waals surface area contributed by atoms with Crippen LogP contribution in [0, 0.1) is 11.8 Å². The van der Waals surface area contributed by atoms with Crippen LogP contribution in [-0.4, -0.2) is 5.16 Å². The first kappa shape index (κ1) is 7.68. The minimum Gasteiger partial charge on any atom is -0.380 e. The molecule has 1 aromatic rings. The third kappa shape index (κ3) is 1.06. The Balaban J connectivity index is 1.88. The normalized spacial score (nSPS) is 36.2. The van der Waals surface area contributed by atoms with Crippen molar-refractivity contribution in [3.63, 3.8) is 0 Å². The van der Waals surface area contributed by atoms with Crippen LogP contribution in [0.1, 0.15) is 30.9 Å². The fourth-order valence-corrected chi connectivity index (χ4v) is 2.71. The van der Waals surface area contributed by atoms with E-state index >= 15 is 0 Å². The van der Waals surface area contributed by atoms with E-state index in [1.165, 1.54) is 19.3 Å². The number of nitrogens with two attached hydrogens (primary N) is 1. The molecule has 0 spiro atoms. The van der Waals surface area contributed by atoms with Gasteiger partial charge in [0.1, 0.15) is 5.02 Å². The van der Waals surface area contributed by atoms with Crippen molar-refractivity contribution in [2.45, 2.75) is 25.2 Å². The first-order chi connectivity index (χ1) is 6.25. The maximum absolute atomic E-state index is 5.97. The van der Waals surface area contributed by atoms with E-state index in [2.05, 4.69) is 5.16 Å². The molecule has 2 unspecified atom stereocenters. The summed E-state index contributed by atoms with van der Waals surface area (Å²) in [5, 5.41) is 4.21. The summed E-state index contributed by atoms with van der Waals surface area (Å²) >= 11 is 5.97. The average molecular weight is 199 g/mol. The summed E-state index contributed by atoms with van der Waals surface area (Å²) in [5.74, 6) is 3.46. The smallest absolute Gasteiger partial charge is 0.186 e. The topological polar surface area (TPSA) is 52.0 Å². The predicted octanol–water partition coefficient (Wildman–Crippen LogP) is 2.42. The van der Waals surface area contributed by atoms with Gasteiger partial charge in [-0.1, -0.05) is 16.8 Å². The summed E-state index contributed by atoms with van der Waals surface area (Å²) in [6.07, 6.45) is 3.82. The van der Waals surface area contributed by atoms with E-state index < -0.39 is 0 Å². The third-order valence-electron chi connectivity index (χ3n) is 3.30. The van der Waals surface area contributed by atoms with Gasteiger partial charge in [-0.15, -0.1) is 0 Å². The summed E-state index contributed by atoms with van der Waals surface area (Å²) in [7, 11) is 0. The first-order valence-corrected chi connectivity index (χ1v) is 5.04. The van der Waals surface area contributed by atoms with Gasteiger partial charge in [-0.2, -0.15) is 0 Å². The molecule has 0 aromatic carbocycles. The van der Waals surface area contributed by atoms with Gasteiger partial charge in [0.05, 0.1) is 0 Å². The Morgan fingerprint density at radius 3 is 2.54 bits per heavy atom. The Labute approximate surface area is 81.2 Å². The molecule has 0 radical (unpaired) electrons. The summed E-state index contributed by atoms with van der Waals surface area (Å²) in [6, 6.07) is 0. The van der Waals surface area contributed by atoms with Crippen molar-refractivity contribution in [3.05, 3.63) is 10.8 Å². The fourth-order valence-electron chi connectivity index (χ4n) is 2.49. The van der Waals surface area contributed by atoms with Gasteiger partial charge in [-0.3, -0.25) is 0 Å². The molecule has 3 nitrogen and oxygen atoms in total. The molecular weight excluding hydrogens is 188 g/mol. The molecule has 0 amide bonds. The standard InChI is InChI=1S/C9H11ClN2O/c10-7-8(13-12-9(7)11)6-2-4-1-5(4)3-6/h4-6H,1-3H2,(H2,11,12). The van der Waals surface area contributed by atoms with Gasteiger partial charge in [0.2, 0.25) is 0 Å². The van der Waals surface area contributed by atoms with E-state index in [1.807, 2.05) is 0 Å². The number of nitrogen functional groups attached to an aromatic ring is 1. The number of fused-ring (bicyclic) bond motifs is 1. The maximum atomic E-state index is 5.97. The molecular formula is C9H11ClN2O. The van der Waals surface area contributed by atoms with E-state index in [0.717, 1.165) is 17.6 Å². The largest absolute Gasteiger partial charge is 0.380 e. The van der Waals surface area contributed by atoms with E-state index in [0.29, 0.717) is 16.8 Å². The van der Waals surface area contributed by atoms with Crippen molar-refractivity contribution in [1.82, 2.24) is 5.16 Å². The lowest BCUT2D eigenvalue weighted by Crippen LogP contribution is -1.94. The Bertz CT molecular complexity index is 339. The summed E-state index contributed by atoms with van der Waals surface area (Å²) < 4.78 is 5.14. The highest BCUT2D eigenvalue weighted by atomic mass is 35.5. The molecule has 2 aliphatic carbocycles. The van der Waals surface area contributed by atoms with E-state index in [9.17, 15) is 0 Å². The molecule has 2 aliphatic rings. The van der Waals surface area contributed by atoms with Crippen molar-refractivity contribution in [2.75, 3.05) is 5.73 Å². The Morgan fingerprint density at radius 1 is 1.31 bits per heavy atom. The Hall–Kier alpha value is -0.700. The molecule has 2 atom stereocenters. The van der Waals surface area contributed by atoms with E-state index in [4.69, 9.17) is 21.9 Å². The van der Waals surface area contributed by atoms with Crippen molar-refractivity contribution in [1.29, 1.82) is 0 Å². The highest BCUT2D eigenvalue weighted by Gasteiger charge is 2.47. The van der Waals surface area contributed by atoms with Gasteiger partial charge in [0.25, 0.3) is 0 Å². The number of hydrogen-bond acceptors (Lipinski definition) is 3. The SMILES string of the molecule is Nc1noc(C2CC3CC3C2)c1Cl. The van der Waals surface area contributed by atoms with E-state index in [-0.39, 0.29) is 0 Å².